The van der Waals surface area contributed by atoms with Crippen molar-refractivity contribution in [1.82, 2.24) is 0 Å². The number of hydrogen-bond donors (Lipinski definition) is 8. The number of rotatable bonds is 16. The average Bonchev–Trinajstić information content (AvgIpc) is 2.88. The molecule has 0 aromatic carbocycles. The Bertz CT molecular complexity index is 462. The Morgan fingerprint density at radius 1 is 0.222 bits per heavy atom. The summed E-state index contributed by atoms with van der Waals surface area (Å²) in [6.45, 7) is 31.3. The van der Waals surface area contributed by atoms with E-state index in [0.717, 1.165) is 0 Å². The van der Waals surface area contributed by atoms with Crippen LogP contribution in [-0.4, -0.2) is 89.7 Å². The molecule has 8 N–H and O–H groups in total. The Morgan fingerprint density at radius 3 is 0.333 bits per heavy atom. The van der Waals surface area contributed by atoms with Gasteiger partial charge in [0, 0.05) is 26.2 Å². The van der Waals surface area contributed by atoms with Gasteiger partial charge in [0.05, 0.1) is 48.8 Å². The monoisotopic (exact) mass is 730 g/mol. The fraction of sp³-hybridized carbons (Fsp3) is 1.00. The largest absolute Gasteiger partial charge is 0.393 e. The summed E-state index contributed by atoms with van der Waals surface area (Å²) < 4.78 is 0. The summed E-state index contributed by atoms with van der Waals surface area (Å²) in [7, 11) is 0. The van der Waals surface area contributed by atoms with Crippen LogP contribution in [0.15, 0.2) is 0 Å². The standard InChI is InChI=1S/4C9H20O2.Zr/c4*1-6(2)8(10)5-9(11)7(3)4;/h4*6-11H,5H2,1-4H3;. The molecule has 0 aliphatic heterocycles. The van der Waals surface area contributed by atoms with Crippen molar-refractivity contribution >= 4 is 0 Å². The molecule has 0 spiro atoms. The zero-order chi connectivity index (χ0) is 36.1. The van der Waals surface area contributed by atoms with Crippen LogP contribution in [0.1, 0.15) is 136 Å². The van der Waals surface area contributed by atoms with Gasteiger partial charge < -0.3 is 40.9 Å². The first-order valence-corrected chi connectivity index (χ1v) is 17.2. The molecular weight excluding hydrogens is 652 g/mol. The van der Waals surface area contributed by atoms with Crippen molar-refractivity contribution in [3.05, 3.63) is 0 Å². The SMILES string of the molecule is CC(C)C(O)CC(O)C(C)C.CC(C)C(O)CC(O)C(C)C.CC(C)C(O)CC(O)C(C)C.CC(C)C(O)CC(O)C(C)C.[Zr]. The Kier molecular flexibility index (Phi) is 37.4. The van der Waals surface area contributed by atoms with E-state index >= 15 is 0 Å². The summed E-state index contributed by atoms with van der Waals surface area (Å²) in [5.41, 5.74) is 0. The first kappa shape index (κ1) is 55.0. The molecule has 0 fully saturated rings. The zero-order valence-electron chi connectivity index (χ0n) is 32.1. The molecule has 0 amide bonds. The van der Waals surface area contributed by atoms with Crippen LogP contribution >= 0.6 is 0 Å². The summed E-state index contributed by atoms with van der Waals surface area (Å²) in [6.07, 6.45) is -0.964. The molecule has 0 aliphatic carbocycles. The maximum absolute atomic E-state index is 9.39. The summed E-state index contributed by atoms with van der Waals surface area (Å²) in [5.74, 6) is 1.91. The van der Waals surface area contributed by atoms with E-state index in [1.54, 1.807) is 0 Å². The van der Waals surface area contributed by atoms with Gasteiger partial charge in [0.15, 0.2) is 0 Å². The summed E-state index contributed by atoms with van der Waals surface area (Å²) in [5, 5.41) is 75.1. The van der Waals surface area contributed by atoms with E-state index < -0.39 is 0 Å². The fourth-order valence-electron chi connectivity index (χ4n) is 3.17. The molecule has 0 radical (unpaired) electrons. The van der Waals surface area contributed by atoms with Crippen molar-refractivity contribution in [2.24, 2.45) is 47.3 Å². The second-order valence-corrected chi connectivity index (χ2v) is 15.4. The minimum absolute atomic E-state index is 0. The molecule has 8 unspecified atom stereocenters. The first-order valence-electron chi connectivity index (χ1n) is 17.2. The van der Waals surface area contributed by atoms with Crippen LogP contribution in [0.3, 0.4) is 0 Å². The Balaban J connectivity index is -0.000000157. The van der Waals surface area contributed by atoms with Gasteiger partial charge in [-0.15, -0.1) is 0 Å². The van der Waals surface area contributed by atoms with E-state index in [2.05, 4.69) is 0 Å². The average molecular weight is 732 g/mol. The molecule has 0 aliphatic rings. The van der Waals surface area contributed by atoms with Gasteiger partial charge in [-0.3, -0.25) is 0 Å². The maximum atomic E-state index is 9.39. The molecule has 0 rings (SSSR count). The van der Waals surface area contributed by atoms with Crippen LogP contribution in [0.4, 0.5) is 0 Å². The molecule has 0 saturated heterocycles. The third-order valence-electron chi connectivity index (χ3n) is 8.09. The third kappa shape index (κ3) is 34.2. The Morgan fingerprint density at radius 2 is 0.289 bits per heavy atom. The van der Waals surface area contributed by atoms with Gasteiger partial charge in [-0.25, -0.2) is 0 Å². The molecule has 45 heavy (non-hydrogen) atoms. The molecule has 0 aromatic rings. The Labute approximate surface area is 298 Å². The van der Waals surface area contributed by atoms with E-state index in [1.807, 2.05) is 111 Å². The van der Waals surface area contributed by atoms with Crippen LogP contribution in [0, 0.1) is 47.3 Å². The van der Waals surface area contributed by atoms with E-state index in [-0.39, 0.29) is 122 Å². The normalized spacial score (nSPS) is 17.1. The number of aliphatic hydroxyl groups is 8. The predicted molar refractivity (Wildman–Crippen MR) is 185 cm³/mol. The molecule has 9 heteroatoms. The van der Waals surface area contributed by atoms with Crippen molar-refractivity contribution in [3.63, 3.8) is 0 Å². The molecule has 0 saturated carbocycles. The van der Waals surface area contributed by atoms with Crippen LogP contribution < -0.4 is 0 Å². The fourth-order valence-corrected chi connectivity index (χ4v) is 3.17. The molecule has 0 bridgehead atoms. The van der Waals surface area contributed by atoms with Crippen LogP contribution in [-0.2, 0) is 26.2 Å². The molecule has 8 nitrogen and oxygen atoms in total. The van der Waals surface area contributed by atoms with Gasteiger partial charge in [-0.05, 0) is 73.0 Å². The molecule has 0 heterocycles. The summed E-state index contributed by atoms with van der Waals surface area (Å²) in [4.78, 5) is 0. The van der Waals surface area contributed by atoms with Crippen molar-refractivity contribution < 1.29 is 67.1 Å². The smallest absolute Gasteiger partial charge is 0.0587 e. The predicted octanol–water partition coefficient (Wildman–Crippen LogP) is 5.64. The van der Waals surface area contributed by atoms with E-state index in [1.165, 1.54) is 0 Å². The van der Waals surface area contributed by atoms with E-state index in [4.69, 9.17) is 0 Å². The van der Waals surface area contributed by atoms with E-state index in [9.17, 15) is 40.9 Å². The topological polar surface area (TPSA) is 162 Å². The van der Waals surface area contributed by atoms with Crippen molar-refractivity contribution in [1.29, 1.82) is 0 Å². The van der Waals surface area contributed by atoms with E-state index in [0.29, 0.717) is 25.7 Å². The van der Waals surface area contributed by atoms with Gasteiger partial charge in [0.25, 0.3) is 0 Å². The van der Waals surface area contributed by atoms with Gasteiger partial charge in [-0.1, -0.05) is 111 Å². The molecular formula is C36H80O8Zr. The minimum atomic E-state index is -0.368. The molecule has 8 atom stereocenters. The summed E-state index contributed by atoms with van der Waals surface area (Å²) in [6, 6.07) is 0. The third-order valence-corrected chi connectivity index (χ3v) is 8.09. The zero-order valence-corrected chi connectivity index (χ0v) is 34.6. The van der Waals surface area contributed by atoms with Gasteiger partial charge >= 0.3 is 0 Å². The van der Waals surface area contributed by atoms with Crippen LogP contribution in [0.2, 0.25) is 0 Å². The second kappa shape index (κ2) is 30.6. The maximum Gasteiger partial charge on any atom is 0.0587 e. The van der Waals surface area contributed by atoms with Crippen LogP contribution in [0.25, 0.3) is 0 Å². The van der Waals surface area contributed by atoms with Gasteiger partial charge in [-0.2, -0.15) is 0 Å². The summed E-state index contributed by atoms with van der Waals surface area (Å²) >= 11 is 0. The number of aliphatic hydroxyl groups excluding tert-OH is 8. The van der Waals surface area contributed by atoms with Gasteiger partial charge in [0.1, 0.15) is 0 Å². The quantitative estimate of drug-likeness (QED) is 0.101. The van der Waals surface area contributed by atoms with Gasteiger partial charge in [0.2, 0.25) is 0 Å². The molecule has 0 aromatic heterocycles. The Hall–Kier alpha value is 0.563. The second-order valence-electron chi connectivity index (χ2n) is 15.4. The first-order chi connectivity index (χ1) is 19.8. The van der Waals surface area contributed by atoms with Crippen molar-refractivity contribution in [2.45, 2.75) is 185 Å². The minimum Gasteiger partial charge on any atom is -0.393 e. The van der Waals surface area contributed by atoms with Crippen molar-refractivity contribution in [3.8, 4) is 0 Å². The van der Waals surface area contributed by atoms with Crippen LogP contribution in [0.5, 0.6) is 0 Å². The molecule has 276 valence electrons. The van der Waals surface area contributed by atoms with Crippen molar-refractivity contribution in [2.75, 3.05) is 0 Å². The number of hydrogen-bond acceptors (Lipinski definition) is 8.